The SMILES string of the molecule is CC(=O)N1CCN(c2ncccn2)C[C@@H]1c1ccc(OC(C)C)cc1. The second kappa shape index (κ2) is 7.51. The Labute approximate surface area is 148 Å². The molecule has 1 aromatic heterocycles. The molecule has 1 atom stereocenters. The predicted molar refractivity (Wildman–Crippen MR) is 96.6 cm³/mol. The molecule has 0 spiro atoms. The third kappa shape index (κ3) is 4.07. The molecule has 0 bridgehead atoms. The van der Waals surface area contributed by atoms with Gasteiger partial charge in [0.1, 0.15) is 5.75 Å². The summed E-state index contributed by atoms with van der Waals surface area (Å²) in [6, 6.07) is 9.78. The maximum absolute atomic E-state index is 12.1. The van der Waals surface area contributed by atoms with E-state index in [1.54, 1.807) is 25.4 Å². The number of carbonyl (C=O) groups excluding carboxylic acids is 1. The quantitative estimate of drug-likeness (QED) is 0.856. The second-order valence-electron chi connectivity index (χ2n) is 6.46. The van der Waals surface area contributed by atoms with Crippen LogP contribution >= 0.6 is 0 Å². The van der Waals surface area contributed by atoms with Crippen molar-refractivity contribution in [3.8, 4) is 5.75 Å². The topological polar surface area (TPSA) is 58.6 Å². The van der Waals surface area contributed by atoms with Gasteiger partial charge in [-0.05, 0) is 37.6 Å². The summed E-state index contributed by atoms with van der Waals surface area (Å²) in [5, 5.41) is 0. The lowest BCUT2D eigenvalue weighted by atomic mass is 10.0. The fourth-order valence-corrected chi connectivity index (χ4v) is 3.12. The molecule has 3 rings (SSSR count). The summed E-state index contributed by atoms with van der Waals surface area (Å²) in [6.07, 6.45) is 3.62. The van der Waals surface area contributed by atoms with Crippen LogP contribution in [0.2, 0.25) is 0 Å². The Balaban J connectivity index is 1.82. The van der Waals surface area contributed by atoms with Crippen LogP contribution in [0.3, 0.4) is 0 Å². The van der Waals surface area contributed by atoms with Gasteiger partial charge in [-0.1, -0.05) is 12.1 Å². The molecule has 2 heterocycles. The molecule has 6 nitrogen and oxygen atoms in total. The summed E-state index contributed by atoms with van der Waals surface area (Å²) in [5.74, 6) is 1.63. The molecule has 0 radical (unpaired) electrons. The molecule has 0 aliphatic carbocycles. The highest BCUT2D eigenvalue weighted by atomic mass is 16.5. The first kappa shape index (κ1) is 17.2. The molecule has 2 aromatic rings. The van der Waals surface area contributed by atoms with Crippen LogP contribution in [-0.2, 0) is 4.79 Å². The van der Waals surface area contributed by atoms with E-state index >= 15 is 0 Å². The van der Waals surface area contributed by atoms with E-state index in [0.717, 1.165) is 17.9 Å². The van der Waals surface area contributed by atoms with Crippen LogP contribution in [0.5, 0.6) is 5.75 Å². The number of nitrogens with zero attached hydrogens (tertiary/aromatic N) is 4. The molecule has 25 heavy (non-hydrogen) atoms. The molecular formula is C19H24N4O2. The van der Waals surface area contributed by atoms with E-state index in [9.17, 15) is 4.79 Å². The molecule has 1 saturated heterocycles. The fraction of sp³-hybridized carbons (Fsp3) is 0.421. The number of benzene rings is 1. The number of anilines is 1. The van der Waals surface area contributed by atoms with E-state index in [-0.39, 0.29) is 18.1 Å². The first-order chi connectivity index (χ1) is 12.0. The monoisotopic (exact) mass is 340 g/mol. The Morgan fingerprint density at radius 3 is 2.44 bits per heavy atom. The van der Waals surface area contributed by atoms with Crippen molar-refractivity contribution in [3.63, 3.8) is 0 Å². The van der Waals surface area contributed by atoms with Gasteiger partial charge in [-0.15, -0.1) is 0 Å². The highest BCUT2D eigenvalue weighted by Gasteiger charge is 2.31. The average molecular weight is 340 g/mol. The lowest BCUT2D eigenvalue weighted by Gasteiger charge is -2.41. The largest absolute Gasteiger partial charge is 0.491 e. The average Bonchev–Trinajstić information content (AvgIpc) is 2.62. The zero-order valence-electron chi connectivity index (χ0n) is 14.9. The van der Waals surface area contributed by atoms with Gasteiger partial charge in [0.15, 0.2) is 0 Å². The van der Waals surface area contributed by atoms with Gasteiger partial charge in [-0.3, -0.25) is 4.79 Å². The summed E-state index contributed by atoms with van der Waals surface area (Å²) in [4.78, 5) is 24.8. The number of carbonyl (C=O) groups is 1. The van der Waals surface area contributed by atoms with Crippen LogP contribution in [0, 0.1) is 0 Å². The molecule has 1 amide bonds. The van der Waals surface area contributed by atoms with Crippen LogP contribution in [0.15, 0.2) is 42.7 Å². The maximum Gasteiger partial charge on any atom is 0.225 e. The van der Waals surface area contributed by atoms with Gasteiger partial charge in [-0.25, -0.2) is 9.97 Å². The standard InChI is InChI=1S/C19H24N4O2/c1-14(2)25-17-7-5-16(6-8-17)18-13-22(11-12-23(18)15(3)24)19-20-9-4-10-21-19/h4-10,14,18H,11-13H2,1-3H3/t18-/m1/s1. The van der Waals surface area contributed by atoms with Crippen molar-refractivity contribution in [2.75, 3.05) is 24.5 Å². The Bertz CT molecular complexity index is 703. The minimum absolute atomic E-state index is 0.0249. The van der Waals surface area contributed by atoms with E-state index in [1.165, 1.54) is 0 Å². The van der Waals surface area contributed by atoms with Gasteiger partial charge in [0.25, 0.3) is 0 Å². The Hall–Kier alpha value is -2.63. The number of hydrogen-bond acceptors (Lipinski definition) is 5. The Morgan fingerprint density at radius 1 is 1.16 bits per heavy atom. The van der Waals surface area contributed by atoms with E-state index < -0.39 is 0 Å². The molecule has 0 unspecified atom stereocenters. The molecule has 132 valence electrons. The molecule has 0 saturated carbocycles. The summed E-state index contributed by atoms with van der Waals surface area (Å²) < 4.78 is 5.71. The summed E-state index contributed by atoms with van der Waals surface area (Å²) in [7, 11) is 0. The lowest BCUT2D eigenvalue weighted by Crippen LogP contribution is -2.50. The van der Waals surface area contributed by atoms with Crippen molar-refractivity contribution in [2.45, 2.75) is 32.9 Å². The molecule has 1 aliphatic rings. The number of piperazine rings is 1. The zero-order chi connectivity index (χ0) is 17.8. The maximum atomic E-state index is 12.1. The van der Waals surface area contributed by atoms with Gasteiger partial charge in [-0.2, -0.15) is 0 Å². The third-order valence-corrected chi connectivity index (χ3v) is 4.26. The van der Waals surface area contributed by atoms with Crippen molar-refractivity contribution in [1.29, 1.82) is 0 Å². The number of aromatic nitrogens is 2. The lowest BCUT2D eigenvalue weighted by molar-refractivity contribution is -0.131. The van der Waals surface area contributed by atoms with Gasteiger partial charge >= 0.3 is 0 Å². The number of ether oxygens (including phenoxy) is 1. The van der Waals surface area contributed by atoms with Gasteiger partial charge in [0.2, 0.25) is 11.9 Å². The fourth-order valence-electron chi connectivity index (χ4n) is 3.12. The second-order valence-corrected chi connectivity index (χ2v) is 6.46. The van der Waals surface area contributed by atoms with E-state index in [0.29, 0.717) is 19.0 Å². The van der Waals surface area contributed by atoms with Crippen molar-refractivity contribution >= 4 is 11.9 Å². The first-order valence-corrected chi connectivity index (χ1v) is 8.60. The van der Waals surface area contributed by atoms with Crippen molar-refractivity contribution < 1.29 is 9.53 Å². The van der Waals surface area contributed by atoms with Crippen LogP contribution < -0.4 is 9.64 Å². The molecule has 1 aromatic carbocycles. The Morgan fingerprint density at radius 2 is 1.84 bits per heavy atom. The smallest absolute Gasteiger partial charge is 0.225 e. The normalized spacial score (nSPS) is 17.7. The third-order valence-electron chi connectivity index (χ3n) is 4.26. The molecule has 1 fully saturated rings. The van der Waals surface area contributed by atoms with E-state index in [2.05, 4.69) is 14.9 Å². The molecule has 1 aliphatic heterocycles. The van der Waals surface area contributed by atoms with Crippen molar-refractivity contribution in [1.82, 2.24) is 14.9 Å². The van der Waals surface area contributed by atoms with Crippen molar-refractivity contribution in [2.24, 2.45) is 0 Å². The van der Waals surface area contributed by atoms with Crippen LogP contribution in [-0.4, -0.2) is 46.5 Å². The Kier molecular flexibility index (Phi) is 5.16. The molecule has 0 N–H and O–H groups in total. The number of amides is 1. The highest BCUT2D eigenvalue weighted by molar-refractivity contribution is 5.74. The highest BCUT2D eigenvalue weighted by Crippen LogP contribution is 2.28. The molecule has 6 heteroatoms. The van der Waals surface area contributed by atoms with Crippen LogP contribution in [0.25, 0.3) is 0 Å². The van der Waals surface area contributed by atoms with E-state index in [1.807, 2.05) is 43.0 Å². The summed E-state index contributed by atoms with van der Waals surface area (Å²) >= 11 is 0. The van der Waals surface area contributed by atoms with Crippen LogP contribution in [0.4, 0.5) is 5.95 Å². The zero-order valence-corrected chi connectivity index (χ0v) is 14.9. The van der Waals surface area contributed by atoms with Crippen LogP contribution in [0.1, 0.15) is 32.4 Å². The van der Waals surface area contributed by atoms with Gasteiger partial charge in [0.05, 0.1) is 12.1 Å². The summed E-state index contributed by atoms with van der Waals surface area (Å²) in [5.41, 5.74) is 1.09. The number of rotatable bonds is 4. The predicted octanol–water partition coefficient (Wildman–Crippen LogP) is 2.67. The number of hydrogen-bond donors (Lipinski definition) is 0. The minimum Gasteiger partial charge on any atom is -0.491 e. The van der Waals surface area contributed by atoms with E-state index in [4.69, 9.17) is 4.74 Å². The molecular weight excluding hydrogens is 316 g/mol. The first-order valence-electron chi connectivity index (χ1n) is 8.60. The van der Waals surface area contributed by atoms with Gasteiger partial charge < -0.3 is 14.5 Å². The minimum atomic E-state index is -0.0249. The van der Waals surface area contributed by atoms with Gasteiger partial charge in [0, 0.05) is 39.0 Å². The summed E-state index contributed by atoms with van der Waals surface area (Å²) in [6.45, 7) is 7.69. The van der Waals surface area contributed by atoms with Crippen molar-refractivity contribution in [3.05, 3.63) is 48.3 Å².